The van der Waals surface area contributed by atoms with Crippen LogP contribution in [0.15, 0.2) is 176 Å². The lowest BCUT2D eigenvalue weighted by Crippen LogP contribution is -2.01. The molecule has 0 bridgehead atoms. The summed E-state index contributed by atoms with van der Waals surface area (Å²) in [5, 5.41) is 4.99. The van der Waals surface area contributed by atoms with Crippen molar-refractivity contribution >= 4 is 21.5 Å². The minimum Gasteiger partial charge on any atom is -0.253 e. The van der Waals surface area contributed by atoms with E-state index in [4.69, 9.17) is 19.9 Å². The van der Waals surface area contributed by atoms with Crippen molar-refractivity contribution in [2.75, 3.05) is 0 Å². The number of hydrogen-bond acceptors (Lipinski definition) is 4. The summed E-state index contributed by atoms with van der Waals surface area (Å²) in [6.07, 6.45) is 0. The Morgan fingerprint density at radius 3 is 1.61 bits per heavy atom. The summed E-state index contributed by atoms with van der Waals surface area (Å²) in [5.41, 5.74) is 10.1. The van der Waals surface area contributed by atoms with Crippen molar-refractivity contribution in [3.05, 3.63) is 182 Å². The van der Waals surface area contributed by atoms with E-state index in [2.05, 4.69) is 97.1 Å². The SMILES string of the molecule is Cc1cccc(-c2ccc(-c3cccc(-c4cc5ccccc5c5ccccc45)c3)cc2-c2nc(-c3ccccc3)nc(-c3ccccc3)n2)n1. The Labute approximate surface area is 296 Å². The van der Waals surface area contributed by atoms with Crippen molar-refractivity contribution in [2.24, 2.45) is 0 Å². The minimum absolute atomic E-state index is 0.597. The molecular formula is C47H32N4. The van der Waals surface area contributed by atoms with Crippen LogP contribution in [0.2, 0.25) is 0 Å². The maximum absolute atomic E-state index is 5.12. The van der Waals surface area contributed by atoms with E-state index >= 15 is 0 Å². The van der Waals surface area contributed by atoms with E-state index in [1.54, 1.807) is 0 Å². The zero-order valence-corrected chi connectivity index (χ0v) is 28.0. The quantitative estimate of drug-likeness (QED) is 0.168. The van der Waals surface area contributed by atoms with Crippen molar-refractivity contribution in [2.45, 2.75) is 6.92 Å². The van der Waals surface area contributed by atoms with Gasteiger partial charge in [0, 0.05) is 27.9 Å². The number of hydrogen-bond donors (Lipinski definition) is 0. The summed E-state index contributed by atoms with van der Waals surface area (Å²) < 4.78 is 0. The molecule has 240 valence electrons. The van der Waals surface area contributed by atoms with E-state index in [-0.39, 0.29) is 0 Å². The Morgan fingerprint density at radius 1 is 0.314 bits per heavy atom. The second-order valence-electron chi connectivity index (χ2n) is 12.7. The third kappa shape index (κ3) is 5.83. The molecule has 0 saturated heterocycles. The molecule has 0 aliphatic carbocycles. The molecule has 0 radical (unpaired) electrons. The first-order valence-electron chi connectivity index (χ1n) is 17.1. The van der Waals surface area contributed by atoms with Gasteiger partial charge in [-0.1, -0.05) is 146 Å². The maximum Gasteiger partial charge on any atom is 0.164 e. The molecule has 0 N–H and O–H groups in total. The molecule has 2 heterocycles. The lowest BCUT2D eigenvalue weighted by molar-refractivity contribution is 1.07. The smallest absolute Gasteiger partial charge is 0.164 e. The van der Waals surface area contributed by atoms with E-state index in [9.17, 15) is 0 Å². The van der Waals surface area contributed by atoms with Crippen LogP contribution in [0.4, 0.5) is 0 Å². The normalized spacial score (nSPS) is 11.2. The number of aromatic nitrogens is 4. The van der Waals surface area contributed by atoms with Gasteiger partial charge >= 0.3 is 0 Å². The van der Waals surface area contributed by atoms with E-state index in [0.717, 1.165) is 44.8 Å². The van der Waals surface area contributed by atoms with E-state index in [1.807, 2.05) is 85.8 Å². The van der Waals surface area contributed by atoms with Gasteiger partial charge in [-0.3, -0.25) is 4.98 Å². The van der Waals surface area contributed by atoms with Crippen LogP contribution < -0.4 is 0 Å². The lowest BCUT2D eigenvalue weighted by atomic mass is 9.91. The van der Waals surface area contributed by atoms with Gasteiger partial charge in [0.15, 0.2) is 17.5 Å². The Bertz CT molecular complexity index is 2640. The second kappa shape index (κ2) is 12.9. The maximum atomic E-state index is 5.12. The Morgan fingerprint density at radius 2 is 0.882 bits per heavy atom. The van der Waals surface area contributed by atoms with Gasteiger partial charge in [0.2, 0.25) is 0 Å². The molecule has 4 heteroatoms. The van der Waals surface area contributed by atoms with Gasteiger partial charge in [-0.25, -0.2) is 15.0 Å². The van der Waals surface area contributed by atoms with Crippen molar-refractivity contribution in [1.82, 2.24) is 19.9 Å². The average Bonchev–Trinajstić information content (AvgIpc) is 3.21. The van der Waals surface area contributed by atoms with Gasteiger partial charge in [-0.05, 0) is 81.1 Å². The van der Waals surface area contributed by atoms with Crippen molar-refractivity contribution in [1.29, 1.82) is 0 Å². The molecule has 9 aromatic rings. The molecule has 0 saturated carbocycles. The fraction of sp³-hybridized carbons (Fsp3) is 0.0213. The summed E-state index contributed by atoms with van der Waals surface area (Å²) in [6.45, 7) is 2.02. The first-order chi connectivity index (χ1) is 25.2. The number of nitrogens with zero attached hydrogens (tertiary/aromatic N) is 4. The van der Waals surface area contributed by atoms with Crippen LogP contribution in [-0.2, 0) is 0 Å². The van der Waals surface area contributed by atoms with Crippen LogP contribution in [0.5, 0.6) is 0 Å². The van der Waals surface area contributed by atoms with E-state index < -0.39 is 0 Å². The molecule has 9 rings (SSSR count). The first-order valence-corrected chi connectivity index (χ1v) is 17.1. The van der Waals surface area contributed by atoms with Crippen LogP contribution in [0.25, 0.3) is 89.2 Å². The summed E-state index contributed by atoms with van der Waals surface area (Å²) in [7, 11) is 0. The average molecular weight is 653 g/mol. The molecule has 0 aliphatic rings. The Balaban J connectivity index is 1.25. The highest BCUT2D eigenvalue weighted by molar-refractivity contribution is 6.13. The standard InChI is InChI=1S/C47H32N4/c1-31-14-12-25-44(48-31)41-27-26-35(29-43(41)47-50-45(32-15-4-2-5-16-32)49-46(51-47)33-17-6-3-7-18-33)34-20-13-21-36(28-34)42-30-37-19-8-9-22-38(37)39-23-10-11-24-40(39)42/h2-30H,1H3. The molecule has 0 amide bonds. The number of benzene rings is 7. The topological polar surface area (TPSA) is 51.6 Å². The first kappa shape index (κ1) is 30.3. The second-order valence-corrected chi connectivity index (χ2v) is 12.7. The number of pyridine rings is 1. The van der Waals surface area contributed by atoms with Crippen LogP contribution in [0, 0.1) is 6.92 Å². The summed E-state index contributed by atoms with van der Waals surface area (Å²) in [4.78, 5) is 20.1. The third-order valence-corrected chi connectivity index (χ3v) is 9.40. The molecular weight excluding hydrogens is 621 g/mol. The van der Waals surface area contributed by atoms with Gasteiger partial charge in [-0.2, -0.15) is 0 Å². The third-order valence-electron chi connectivity index (χ3n) is 9.40. The molecule has 0 spiro atoms. The van der Waals surface area contributed by atoms with Crippen molar-refractivity contribution in [3.63, 3.8) is 0 Å². The van der Waals surface area contributed by atoms with Crippen LogP contribution in [-0.4, -0.2) is 19.9 Å². The Kier molecular flexibility index (Phi) is 7.67. The number of fused-ring (bicyclic) bond motifs is 3. The predicted molar refractivity (Wildman–Crippen MR) is 210 cm³/mol. The van der Waals surface area contributed by atoms with Crippen molar-refractivity contribution < 1.29 is 0 Å². The van der Waals surface area contributed by atoms with Crippen LogP contribution in [0.3, 0.4) is 0 Å². The molecule has 7 aromatic carbocycles. The fourth-order valence-electron chi connectivity index (χ4n) is 6.91. The minimum atomic E-state index is 0.597. The zero-order valence-electron chi connectivity index (χ0n) is 28.0. The predicted octanol–water partition coefficient (Wildman–Crippen LogP) is 11.9. The molecule has 0 fully saturated rings. The highest BCUT2D eigenvalue weighted by Gasteiger charge is 2.18. The molecule has 4 nitrogen and oxygen atoms in total. The monoisotopic (exact) mass is 652 g/mol. The Hall–Kier alpha value is -6.78. The van der Waals surface area contributed by atoms with Gasteiger partial charge in [0.25, 0.3) is 0 Å². The van der Waals surface area contributed by atoms with Gasteiger partial charge < -0.3 is 0 Å². The molecule has 0 atom stereocenters. The van der Waals surface area contributed by atoms with Gasteiger partial charge in [0.1, 0.15) is 0 Å². The number of aryl methyl sites for hydroxylation is 1. The van der Waals surface area contributed by atoms with Crippen LogP contribution in [0.1, 0.15) is 5.69 Å². The molecule has 0 unspecified atom stereocenters. The lowest BCUT2D eigenvalue weighted by Gasteiger charge is -2.15. The molecule has 2 aromatic heterocycles. The van der Waals surface area contributed by atoms with E-state index in [1.165, 1.54) is 32.7 Å². The molecule has 51 heavy (non-hydrogen) atoms. The molecule has 0 aliphatic heterocycles. The van der Waals surface area contributed by atoms with E-state index in [0.29, 0.717) is 17.5 Å². The highest BCUT2D eigenvalue weighted by Crippen LogP contribution is 2.39. The van der Waals surface area contributed by atoms with Gasteiger partial charge in [0.05, 0.1) is 5.69 Å². The summed E-state index contributed by atoms with van der Waals surface area (Å²) in [6, 6.07) is 61.3. The van der Waals surface area contributed by atoms with Gasteiger partial charge in [-0.15, -0.1) is 0 Å². The summed E-state index contributed by atoms with van der Waals surface area (Å²) >= 11 is 0. The fourth-order valence-corrected chi connectivity index (χ4v) is 6.91. The van der Waals surface area contributed by atoms with Crippen molar-refractivity contribution in [3.8, 4) is 67.7 Å². The van der Waals surface area contributed by atoms with Crippen LogP contribution >= 0.6 is 0 Å². The number of rotatable bonds is 6. The summed E-state index contributed by atoms with van der Waals surface area (Å²) in [5.74, 6) is 1.84. The zero-order chi connectivity index (χ0) is 34.1. The largest absolute Gasteiger partial charge is 0.253 e. The highest BCUT2D eigenvalue weighted by atomic mass is 15.0.